The molecule has 1 aliphatic heterocycles. The predicted octanol–water partition coefficient (Wildman–Crippen LogP) is 4.23. The Morgan fingerprint density at radius 2 is 1.90 bits per heavy atom. The highest BCUT2D eigenvalue weighted by atomic mass is 16.5. The zero-order valence-electron chi connectivity index (χ0n) is 18.7. The van der Waals surface area contributed by atoms with Crippen LogP contribution in [0.3, 0.4) is 0 Å². The van der Waals surface area contributed by atoms with Crippen molar-refractivity contribution >= 4 is 0 Å². The SMILES string of the molecule is CCN(CC)Cc1cc(-c2nccn2[C@@H]2COC[C@H]2Cc2ccncc2)ccc1OC. The van der Waals surface area contributed by atoms with Crippen molar-refractivity contribution in [3.05, 3.63) is 66.2 Å². The molecule has 0 amide bonds. The summed E-state index contributed by atoms with van der Waals surface area (Å²) in [4.78, 5) is 11.3. The summed E-state index contributed by atoms with van der Waals surface area (Å²) in [7, 11) is 1.74. The minimum Gasteiger partial charge on any atom is -0.496 e. The van der Waals surface area contributed by atoms with Gasteiger partial charge in [0.2, 0.25) is 0 Å². The summed E-state index contributed by atoms with van der Waals surface area (Å²) in [5, 5.41) is 0. The number of pyridine rings is 1. The smallest absolute Gasteiger partial charge is 0.140 e. The van der Waals surface area contributed by atoms with Gasteiger partial charge in [-0.25, -0.2) is 4.98 Å². The number of aromatic nitrogens is 3. The van der Waals surface area contributed by atoms with Gasteiger partial charge in [-0.2, -0.15) is 0 Å². The molecule has 0 N–H and O–H groups in total. The third-order valence-corrected chi connectivity index (χ3v) is 6.26. The van der Waals surface area contributed by atoms with Crippen molar-refractivity contribution in [1.29, 1.82) is 0 Å². The van der Waals surface area contributed by atoms with Crippen LogP contribution in [0.5, 0.6) is 5.75 Å². The molecule has 0 spiro atoms. The lowest BCUT2D eigenvalue weighted by atomic mass is 9.95. The molecule has 1 aromatic carbocycles. The van der Waals surface area contributed by atoms with Crippen LogP contribution < -0.4 is 4.74 Å². The Hall–Kier alpha value is -2.70. The Balaban J connectivity index is 1.62. The number of methoxy groups -OCH3 is 1. The van der Waals surface area contributed by atoms with Gasteiger partial charge in [-0.05, 0) is 55.4 Å². The van der Waals surface area contributed by atoms with Gasteiger partial charge < -0.3 is 14.0 Å². The molecule has 6 nitrogen and oxygen atoms in total. The standard InChI is InChI=1S/C25H32N4O2/c1-4-28(5-2)16-21-15-20(6-7-24(21)30-3)25-27-12-13-29(25)23-18-31-17-22(23)14-19-8-10-26-11-9-19/h6-13,15,22-23H,4-5,14,16-18H2,1-3H3/t22-,23-/m1/s1. The second kappa shape index (κ2) is 10.1. The third kappa shape index (κ3) is 4.81. The molecular weight excluding hydrogens is 388 g/mol. The van der Waals surface area contributed by atoms with E-state index in [1.165, 1.54) is 11.1 Å². The van der Waals surface area contributed by atoms with Crippen LogP contribution >= 0.6 is 0 Å². The Morgan fingerprint density at radius 3 is 2.65 bits per heavy atom. The molecule has 0 saturated carbocycles. The molecule has 0 unspecified atom stereocenters. The van der Waals surface area contributed by atoms with Gasteiger partial charge in [-0.3, -0.25) is 9.88 Å². The van der Waals surface area contributed by atoms with Crippen molar-refractivity contribution in [3.63, 3.8) is 0 Å². The lowest BCUT2D eigenvalue weighted by Gasteiger charge is -2.23. The van der Waals surface area contributed by atoms with E-state index in [9.17, 15) is 0 Å². The number of rotatable bonds is 9. The highest BCUT2D eigenvalue weighted by Crippen LogP contribution is 2.34. The van der Waals surface area contributed by atoms with Crippen molar-refractivity contribution in [2.75, 3.05) is 33.4 Å². The molecule has 31 heavy (non-hydrogen) atoms. The Kier molecular flexibility index (Phi) is 6.99. The van der Waals surface area contributed by atoms with E-state index in [-0.39, 0.29) is 6.04 Å². The van der Waals surface area contributed by atoms with Crippen LogP contribution in [0.15, 0.2) is 55.1 Å². The van der Waals surface area contributed by atoms with E-state index in [0.717, 1.165) is 49.8 Å². The summed E-state index contributed by atoms with van der Waals surface area (Å²) < 4.78 is 13.8. The van der Waals surface area contributed by atoms with E-state index in [2.05, 4.69) is 64.8 Å². The van der Waals surface area contributed by atoms with Crippen molar-refractivity contribution < 1.29 is 9.47 Å². The summed E-state index contributed by atoms with van der Waals surface area (Å²) in [6.07, 6.45) is 8.67. The minimum absolute atomic E-state index is 0.263. The van der Waals surface area contributed by atoms with Gasteiger partial charge in [0.1, 0.15) is 11.6 Å². The number of hydrogen-bond acceptors (Lipinski definition) is 5. The van der Waals surface area contributed by atoms with Crippen LogP contribution in [0.25, 0.3) is 11.4 Å². The fraction of sp³-hybridized carbons (Fsp3) is 0.440. The van der Waals surface area contributed by atoms with Crippen LogP contribution in [0, 0.1) is 5.92 Å². The molecule has 1 saturated heterocycles. The molecule has 164 valence electrons. The number of hydrogen-bond donors (Lipinski definition) is 0. The highest BCUT2D eigenvalue weighted by molar-refractivity contribution is 5.59. The van der Waals surface area contributed by atoms with Crippen molar-refractivity contribution in [2.45, 2.75) is 32.9 Å². The summed E-state index contributed by atoms with van der Waals surface area (Å²) in [5.41, 5.74) is 3.60. The predicted molar refractivity (Wildman–Crippen MR) is 122 cm³/mol. The van der Waals surface area contributed by atoms with E-state index in [0.29, 0.717) is 12.5 Å². The first-order valence-corrected chi connectivity index (χ1v) is 11.1. The maximum atomic E-state index is 5.91. The molecule has 1 fully saturated rings. The monoisotopic (exact) mass is 420 g/mol. The van der Waals surface area contributed by atoms with E-state index < -0.39 is 0 Å². The average molecular weight is 421 g/mol. The Morgan fingerprint density at radius 1 is 1.10 bits per heavy atom. The molecular formula is C25H32N4O2. The fourth-order valence-electron chi connectivity index (χ4n) is 4.44. The maximum Gasteiger partial charge on any atom is 0.140 e. The largest absolute Gasteiger partial charge is 0.496 e. The highest BCUT2D eigenvalue weighted by Gasteiger charge is 2.31. The van der Waals surface area contributed by atoms with Gasteiger partial charge in [0.25, 0.3) is 0 Å². The maximum absolute atomic E-state index is 5.91. The topological polar surface area (TPSA) is 52.4 Å². The summed E-state index contributed by atoms with van der Waals surface area (Å²) >= 11 is 0. The van der Waals surface area contributed by atoms with Crippen LogP contribution in [-0.4, -0.2) is 52.8 Å². The molecule has 1 aliphatic rings. The van der Waals surface area contributed by atoms with Gasteiger partial charge in [-0.1, -0.05) is 13.8 Å². The first-order chi connectivity index (χ1) is 15.2. The molecule has 0 aliphatic carbocycles. The summed E-state index contributed by atoms with van der Waals surface area (Å²) in [6.45, 7) is 8.73. The van der Waals surface area contributed by atoms with Crippen LogP contribution in [0.1, 0.15) is 31.0 Å². The molecule has 4 rings (SSSR count). The number of ether oxygens (including phenoxy) is 2. The number of nitrogens with zero attached hydrogens (tertiary/aromatic N) is 4. The van der Waals surface area contributed by atoms with E-state index in [4.69, 9.17) is 14.5 Å². The summed E-state index contributed by atoms with van der Waals surface area (Å²) in [6, 6.07) is 10.8. The van der Waals surface area contributed by atoms with E-state index >= 15 is 0 Å². The molecule has 2 atom stereocenters. The number of benzene rings is 1. The summed E-state index contributed by atoms with van der Waals surface area (Å²) in [5.74, 6) is 2.32. The molecule has 0 radical (unpaired) electrons. The zero-order chi connectivity index (χ0) is 21.6. The molecule has 3 aromatic rings. The quantitative estimate of drug-likeness (QED) is 0.519. The van der Waals surface area contributed by atoms with Gasteiger partial charge in [0.15, 0.2) is 0 Å². The third-order valence-electron chi connectivity index (χ3n) is 6.26. The average Bonchev–Trinajstić information content (AvgIpc) is 3.47. The first-order valence-electron chi connectivity index (χ1n) is 11.1. The second-order valence-corrected chi connectivity index (χ2v) is 8.07. The van der Waals surface area contributed by atoms with Crippen molar-refractivity contribution in [1.82, 2.24) is 19.4 Å². The molecule has 3 heterocycles. The molecule has 0 bridgehead atoms. The lowest BCUT2D eigenvalue weighted by molar-refractivity contribution is 0.181. The van der Waals surface area contributed by atoms with Gasteiger partial charge in [0.05, 0.1) is 26.4 Å². The zero-order valence-corrected chi connectivity index (χ0v) is 18.7. The minimum atomic E-state index is 0.263. The molecule has 2 aromatic heterocycles. The Labute approximate surface area is 184 Å². The van der Waals surface area contributed by atoms with Gasteiger partial charge in [0, 0.05) is 48.4 Å². The van der Waals surface area contributed by atoms with Crippen LogP contribution in [0.4, 0.5) is 0 Å². The Bertz CT molecular complexity index is 969. The van der Waals surface area contributed by atoms with Crippen molar-refractivity contribution in [2.24, 2.45) is 5.92 Å². The fourth-order valence-corrected chi connectivity index (χ4v) is 4.44. The van der Waals surface area contributed by atoms with Crippen LogP contribution in [-0.2, 0) is 17.7 Å². The van der Waals surface area contributed by atoms with Gasteiger partial charge >= 0.3 is 0 Å². The van der Waals surface area contributed by atoms with Crippen LogP contribution in [0.2, 0.25) is 0 Å². The molecule has 6 heteroatoms. The first kappa shape index (κ1) is 21.5. The van der Waals surface area contributed by atoms with Gasteiger partial charge in [-0.15, -0.1) is 0 Å². The number of imidazole rings is 1. The second-order valence-electron chi connectivity index (χ2n) is 8.07. The van der Waals surface area contributed by atoms with Crippen molar-refractivity contribution in [3.8, 4) is 17.1 Å². The van der Waals surface area contributed by atoms with E-state index in [1.807, 2.05) is 18.6 Å². The normalized spacial score (nSPS) is 18.6. The van der Waals surface area contributed by atoms with E-state index in [1.54, 1.807) is 7.11 Å². The lowest BCUT2D eigenvalue weighted by Crippen LogP contribution is -2.22.